The first-order chi connectivity index (χ1) is 8.09. The van der Waals surface area contributed by atoms with Gasteiger partial charge in [0, 0.05) is 11.5 Å². The van der Waals surface area contributed by atoms with E-state index >= 15 is 0 Å². The van der Waals surface area contributed by atoms with Crippen LogP contribution in [0.2, 0.25) is 0 Å². The monoisotopic (exact) mass is 333 g/mol. The van der Waals surface area contributed by atoms with Crippen LogP contribution in [-0.2, 0) is 11.8 Å². The van der Waals surface area contributed by atoms with Crippen molar-refractivity contribution in [3.63, 3.8) is 0 Å². The lowest BCUT2D eigenvalue weighted by Crippen LogP contribution is -2.00. The number of aliphatic carboxylic acids is 1. The molecular formula is C9H8BrN3O2S2. The zero-order valence-electron chi connectivity index (χ0n) is 8.75. The summed E-state index contributed by atoms with van der Waals surface area (Å²) in [7, 11) is 1.83. The van der Waals surface area contributed by atoms with E-state index in [1.165, 1.54) is 0 Å². The molecule has 0 amide bonds. The molecule has 0 atom stereocenters. The predicted molar refractivity (Wildman–Crippen MR) is 70.4 cm³/mol. The van der Waals surface area contributed by atoms with Gasteiger partial charge in [-0.2, -0.15) is 0 Å². The van der Waals surface area contributed by atoms with E-state index in [2.05, 4.69) is 26.1 Å². The largest absolute Gasteiger partial charge is 0.481 e. The van der Waals surface area contributed by atoms with Crippen molar-refractivity contribution in [2.45, 2.75) is 5.16 Å². The lowest BCUT2D eigenvalue weighted by molar-refractivity contribution is -0.133. The summed E-state index contributed by atoms with van der Waals surface area (Å²) in [6.45, 7) is 0. The van der Waals surface area contributed by atoms with Crippen molar-refractivity contribution in [1.29, 1.82) is 0 Å². The Bertz CT molecular complexity index is 552. The molecule has 8 heteroatoms. The van der Waals surface area contributed by atoms with Crippen LogP contribution in [0.5, 0.6) is 0 Å². The fourth-order valence-corrected chi connectivity index (χ4v) is 3.42. The fraction of sp³-hybridized carbons (Fsp3) is 0.222. The third kappa shape index (κ3) is 2.70. The van der Waals surface area contributed by atoms with Crippen molar-refractivity contribution in [1.82, 2.24) is 14.8 Å². The van der Waals surface area contributed by atoms with Gasteiger partial charge in [0.1, 0.15) is 0 Å². The number of rotatable bonds is 4. The second-order valence-corrected chi connectivity index (χ2v) is 5.86. The Balaban J connectivity index is 2.27. The molecule has 0 saturated heterocycles. The first kappa shape index (κ1) is 12.6. The minimum Gasteiger partial charge on any atom is -0.481 e. The third-order valence-corrected chi connectivity index (χ3v) is 4.82. The quantitative estimate of drug-likeness (QED) is 0.870. The SMILES string of the molecule is Cn1c(SCC(=O)O)nnc1-c1sccc1Br. The third-order valence-electron chi connectivity index (χ3n) is 1.98. The van der Waals surface area contributed by atoms with Gasteiger partial charge in [-0.1, -0.05) is 11.8 Å². The van der Waals surface area contributed by atoms with Crippen LogP contribution in [0.1, 0.15) is 0 Å². The van der Waals surface area contributed by atoms with Gasteiger partial charge in [0.15, 0.2) is 11.0 Å². The number of thioether (sulfide) groups is 1. The van der Waals surface area contributed by atoms with Crippen LogP contribution >= 0.6 is 39.0 Å². The summed E-state index contributed by atoms with van der Waals surface area (Å²) in [5.41, 5.74) is 0. The van der Waals surface area contributed by atoms with E-state index in [1.807, 2.05) is 18.5 Å². The maximum atomic E-state index is 10.5. The first-order valence-electron chi connectivity index (χ1n) is 4.57. The second kappa shape index (κ2) is 5.19. The Morgan fingerprint density at radius 2 is 2.41 bits per heavy atom. The number of thiophene rings is 1. The zero-order chi connectivity index (χ0) is 12.4. The fourth-order valence-electron chi connectivity index (χ4n) is 1.22. The highest BCUT2D eigenvalue weighted by Gasteiger charge is 2.15. The molecule has 0 unspecified atom stereocenters. The van der Waals surface area contributed by atoms with Crippen molar-refractivity contribution in [3.8, 4) is 10.7 Å². The van der Waals surface area contributed by atoms with Crippen LogP contribution in [0.4, 0.5) is 0 Å². The van der Waals surface area contributed by atoms with Gasteiger partial charge in [-0.05, 0) is 27.4 Å². The smallest absolute Gasteiger partial charge is 0.313 e. The van der Waals surface area contributed by atoms with Gasteiger partial charge in [0.2, 0.25) is 0 Å². The topological polar surface area (TPSA) is 68.0 Å². The maximum absolute atomic E-state index is 10.5. The number of hydrogen-bond donors (Lipinski definition) is 1. The number of halogens is 1. The number of hydrogen-bond acceptors (Lipinski definition) is 5. The number of carboxylic acids is 1. The van der Waals surface area contributed by atoms with Crippen molar-refractivity contribution in [2.75, 3.05) is 5.75 Å². The molecule has 0 radical (unpaired) electrons. The summed E-state index contributed by atoms with van der Waals surface area (Å²) in [5.74, 6) is -0.144. The molecule has 90 valence electrons. The Morgan fingerprint density at radius 1 is 1.65 bits per heavy atom. The van der Waals surface area contributed by atoms with E-state index in [0.29, 0.717) is 5.16 Å². The van der Waals surface area contributed by atoms with E-state index < -0.39 is 5.97 Å². The van der Waals surface area contributed by atoms with E-state index in [9.17, 15) is 4.79 Å². The van der Waals surface area contributed by atoms with Crippen molar-refractivity contribution in [2.24, 2.45) is 7.05 Å². The van der Waals surface area contributed by atoms with Gasteiger partial charge in [0.25, 0.3) is 0 Å². The number of carbonyl (C=O) groups is 1. The molecule has 2 aromatic heterocycles. The molecule has 2 heterocycles. The van der Waals surface area contributed by atoms with Crippen LogP contribution in [0, 0.1) is 0 Å². The summed E-state index contributed by atoms with van der Waals surface area (Å²) in [6, 6.07) is 1.94. The minimum absolute atomic E-state index is 0.0163. The summed E-state index contributed by atoms with van der Waals surface area (Å²) < 4.78 is 2.76. The molecule has 1 N–H and O–H groups in total. The number of aromatic nitrogens is 3. The molecule has 0 saturated carbocycles. The van der Waals surface area contributed by atoms with Gasteiger partial charge < -0.3 is 9.67 Å². The summed E-state index contributed by atoms with van der Waals surface area (Å²) in [6.07, 6.45) is 0. The number of nitrogens with zero attached hydrogens (tertiary/aromatic N) is 3. The highest BCUT2D eigenvalue weighted by molar-refractivity contribution is 9.10. The lowest BCUT2D eigenvalue weighted by Gasteiger charge is -2.01. The molecule has 2 rings (SSSR count). The highest BCUT2D eigenvalue weighted by Crippen LogP contribution is 2.33. The van der Waals surface area contributed by atoms with Crippen LogP contribution in [0.15, 0.2) is 21.1 Å². The predicted octanol–water partition coefficient (Wildman–Crippen LogP) is 2.48. The molecule has 2 aromatic rings. The molecule has 0 aliphatic rings. The molecule has 17 heavy (non-hydrogen) atoms. The lowest BCUT2D eigenvalue weighted by atomic mass is 10.4. The Labute approximate surface area is 114 Å². The maximum Gasteiger partial charge on any atom is 0.313 e. The van der Waals surface area contributed by atoms with Crippen molar-refractivity contribution in [3.05, 3.63) is 15.9 Å². The molecule has 0 fully saturated rings. The molecule has 5 nitrogen and oxygen atoms in total. The summed E-state index contributed by atoms with van der Waals surface area (Å²) >= 11 is 6.15. The normalized spacial score (nSPS) is 10.7. The van der Waals surface area contributed by atoms with Gasteiger partial charge >= 0.3 is 5.97 Å². The molecular weight excluding hydrogens is 326 g/mol. The van der Waals surface area contributed by atoms with Gasteiger partial charge in [-0.25, -0.2) is 0 Å². The van der Waals surface area contributed by atoms with E-state index in [1.54, 1.807) is 15.9 Å². The molecule has 0 aliphatic heterocycles. The molecule has 0 spiro atoms. The summed E-state index contributed by atoms with van der Waals surface area (Å²) in [4.78, 5) is 11.5. The zero-order valence-corrected chi connectivity index (χ0v) is 12.0. The second-order valence-electron chi connectivity index (χ2n) is 3.15. The highest BCUT2D eigenvalue weighted by atomic mass is 79.9. The van der Waals surface area contributed by atoms with E-state index in [0.717, 1.165) is 26.9 Å². The first-order valence-corrected chi connectivity index (χ1v) is 7.22. The van der Waals surface area contributed by atoms with Crippen LogP contribution < -0.4 is 0 Å². The van der Waals surface area contributed by atoms with E-state index in [-0.39, 0.29) is 5.75 Å². The average Bonchev–Trinajstić information content (AvgIpc) is 2.82. The average molecular weight is 334 g/mol. The standard InChI is InChI=1S/C9H8BrN3O2S2/c1-13-8(7-5(10)2-3-16-7)11-12-9(13)17-4-6(14)15/h2-3H,4H2,1H3,(H,14,15). The Kier molecular flexibility index (Phi) is 3.85. The van der Waals surface area contributed by atoms with Gasteiger partial charge in [-0.3, -0.25) is 4.79 Å². The minimum atomic E-state index is -0.864. The Morgan fingerprint density at radius 3 is 3.00 bits per heavy atom. The molecule has 0 aliphatic carbocycles. The van der Waals surface area contributed by atoms with E-state index in [4.69, 9.17) is 5.11 Å². The van der Waals surface area contributed by atoms with Gasteiger partial charge in [-0.15, -0.1) is 21.5 Å². The molecule has 0 aromatic carbocycles. The van der Waals surface area contributed by atoms with Crippen molar-refractivity contribution >= 4 is 45.0 Å². The summed E-state index contributed by atoms with van der Waals surface area (Å²) in [5, 5.41) is 19.2. The van der Waals surface area contributed by atoms with Crippen molar-refractivity contribution < 1.29 is 9.90 Å². The Hall–Kier alpha value is -0.860. The van der Waals surface area contributed by atoms with Crippen LogP contribution in [0.3, 0.4) is 0 Å². The molecule has 0 bridgehead atoms. The van der Waals surface area contributed by atoms with Gasteiger partial charge in [0.05, 0.1) is 10.6 Å². The number of carboxylic acid groups (broad SMARTS) is 1. The van der Waals surface area contributed by atoms with Crippen LogP contribution in [0.25, 0.3) is 10.7 Å². The van der Waals surface area contributed by atoms with Crippen LogP contribution in [-0.4, -0.2) is 31.6 Å².